The minimum Gasteiger partial charge on any atom is -0.744 e. The van der Waals surface area contributed by atoms with Gasteiger partial charge in [-0.2, -0.15) is 0 Å². The van der Waals surface area contributed by atoms with Crippen molar-refractivity contribution in [1.82, 2.24) is 0 Å². The maximum absolute atomic E-state index is 11.4. The van der Waals surface area contributed by atoms with Gasteiger partial charge in [-0.3, -0.25) is 0 Å². The molecule has 9 heteroatoms. The summed E-state index contributed by atoms with van der Waals surface area (Å²) in [5.41, 5.74) is 1.35. The molecule has 0 aromatic heterocycles. The molecule has 708 valence electrons. The summed E-state index contributed by atoms with van der Waals surface area (Å²) >= 11 is 0. The fourth-order valence-corrected chi connectivity index (χ4v) is 20.4. The van der Waals surface area contributed by atoms with Gasteiger partial charge in [0.25, 0.3) is 0 Å². The third kappa shape index (κ3) is 92.9. The number of hydrogen-bond donors (Lipinski definition) is 0. The van der Waals surface area contributed by atoms with Crippen LogP contribution in [0.5, 0.6) is 0 Å². The average molecular weight is 1850 g/mol. The zero-order valence-electron chi connectivity index (χ0n) is 81.9. The third-order valence-corrected chi connectivity index (χ3v) is 29.0. The Morgan fingerprint density at radius 2 is 0.248 bits per heavy atom. The summed E-state index contributed by atoms with van der Waals surface area (Å²) in [7, 11) is -8.74. The Hall–Kier alpha value is -0.169. The second-order valence-electron chi connectivity index (χ2n) is 38.9. The van der Waals surface area contributed by atoms with Crippen LogP contribution in [0, 0.1) is 0 Å². The van der Waals surface area contributed by atoms with Gasteiger partial charge in [-0.1, -0.05) is 654 Å². The van der Waals surface area contributed by atoms with Crippen molar-refractivity contribution >= 4 is 69.1 Å². The Kier molecular flexibility index (Phi) is 100. The van der Waals surface area contributed by atoms with E-state index in [0.717, 1.165) is 25.7 Å². The molecule has 0 fully saturated rings. The van der Waals surface area contributed by atoms with Crippen molar-refractivity contribution in [2.24, 2.45) is 0 Å². The Morgan fingerprint density at radius 1 is 0.157 bits per heavy atom. The van der Waals surface area contributed by atoms with E-state index in [4.69, 9.17) is 0 Å². The Labute approximate surface area is 800 Å². The molecule has 2 rings (SSSR count). The van der Waals surface area contributed by atoms with Gasteiger partial charge in [0.1, 0.15) is 20.2 Å². The molecule has 121 heavy (non-hydrogen) atoms. The van der Waals surface area contributed by atoms with Crippen LogP contribution < -0.4 is 0 Å². The van der Waals surface area contributed by atoms with Gasteiger partial charge in [-0.25, -0.2) is 16.8 Å². The third-order valence-electron chi connectivity index (χ3n) is 27.1. The average Bonchev–Trinajstić information content (AvgIpc) is 0.844. The topological polar surface area (TPSA) is 114 Å². The molecule has 0 aliphatic rings. The molecule has 0 radical (unpaired) electrons. The first-order valence-corrected chi connectivity index (χ1v) is 58.0. The number of unbranched alkanes of at least 4 members (excludes halogenated alkanes) is 94. The summed E-state index contributed by atoms with van der Waals surface area (Å²) in [5, 5.41) is 0. The van der Waals surface area contributed by atoms with Crippen LogP contribution >= 0.6 is 0 Å². The van der Waals surface area contributed by atoms with Crippen LogP contribution in [0.2, 0.25) is 0 Å². The van der Waals surface area contributed by atoms with Gasteiger partial charge < -0.3 is 9.11 Å². The van der Waals surface area contributed by atoms with Crippen molar-refractivity contribution < 1.29 is 25.9 Å². The summed E-state index contributed by atoms with van der Waals surface area (Å²) in [6.45, 7) is 4.62. The van der Waals surface area contributed by atoms with Gasteiger partial charge in [0, 0.05) is 0 Å². The minimum atomic E-state index is -4.37. The first-order chi connectivity index (χ1) is 59.1. The van der Waals surface area contributed by atoms with Crippen LogP contribution in [0.4, 0.5) is 0 Å². The molecule has 0 saturated heterocycles. The monoisotopic (exact) mass is 1850 g/mol. The minimum absolute atomic E-state index is 0. The van der Waals surface area contributed by atoms with E-state index in [0.29, 0.717) is 24.0 Å². The van der Waals surface area contributed by atoms with E-state index in [1.165, 1.54) is 603 Å². The Morgan fingerprint density at radius 3 is 0.347 bits per heavy atom. The SMILES string of the molecule is CCCCCCCCCCCCCCCCCCCCCCCCCCCCCCCCCCCCCCCCCCCCCCCCCCc1ccccc1S(=O)(=O)[O-].CCCCCCCCCCCCCCCCCCCCCCCCCCCCCCCCCCCCCCCCCCCCCCCCCCc1ccccc1S(=O)(=O)[O-].[Ba+2]. The molecule has 0 spiro atoms. The molecule has 0 atom stereocenters. The van der Waals surface area contributed by atoms with Crippen LogP contribution in [0.3, 0.4) is 0 Å². The van der Waals surface area contributed by atoms with Crippen molar-refractivity contribution in [2.45, 2.75) is 653 Å². The molecule has 0 saturated carbocycles. The molecule has 6 nitrogen and oxygen atoms in total. The largest absolute Gasteiger partial charge is 2.00 e. The molecular weight excluding hydrogens is 1640 g/mol. The first-order valence-electron chi connectivity index (χ1n) is 55.2. The van der Waals surface area contributed by atoms with E-state index < -0.39 is 20.2 Å². The number of aryl methyl sites for hydroxylation is 2. The molecule has 0 aliphatic heterocycles. The molecule has 0 aliphatic carbocycles. The van der Waals surface area contributed by atoms with Gasteiger partial charge in [-0.05, 0) is 48.9 Å². The zero-order chi connectivity index (χ0) is 86.3. The van der Waals surface area contributed by atoms with Crippen molar-refractivity contribution in [1.29, 1.82) is 0 Å². The fourth-order valence-electron chi connectivity index (χ4n) is 18.9. The maximum atomic E-state index is 11.4. The van der Waals surface area contributed by atoms with Crippen LogP contribution in [0.25, 0.3) is 0 Å². The van der Waals surface area contributed by atoms with Gasteiger partial charge in [0.15, 0.2) is 0 Å². The predicted molar refractivity (Wildman–Crippen MR) is 537 cm³/mol. The molecule has 2 aromatic rings. The molecule has 0 amide bonds. The first kappa shape index (κ1) is 121. The summed E-state index contributed by atoms with van der Waals surface area (Å²) in [5.74, 6) is 0. The zero-order valence-corrected chi connectivity index (χ0v) is 88.0. The Bertz CT molecular complexity index is 2350. The van der Waals surface area contributed by atoms with Crippen LogP contribution in [-0.4, -0.2) is 74.8 Å². The van der Waals surface area contributed by atoms with Crippen LogP contribution in [0.15, 0.2) is 58.3 Å². The van der Waals surface area contributed by atoms with E-state index in [-0.39, 0.29) is 58.7 Å². The molecule has 0 unspecified atom stereocenters. The van der Waals surface area contributed by atoms with E-state index in [1.807, 2.05) is 12.1 Å². The number of hydrogen-bond acceptors (Lipinski definition) is 6. The maximum Gasteiger partial charge on any atom is 2.00 e. The predicted octanol–water partition coefficient (Wildman–Crippen LogP) is 39.4. The van der Waals surface area contributed by atoms with Crippen LogP contribution in [0.1, 0.15) is 641 Å². The second-order valence-corrected chi connectivity index (χ2v) is 41.6. The van der Waals surface area contributed by atoms with E-state index in [9.17, 15) is 25.9 Å². The van der Waals surface area contributed by atoms with Gasteiger partial charge in [0.2, 0.25) is 0 Å². The van der Waals surface area contributed by atoms with Crippen LogP contribution in [-0.2, 0) is 33.1 Å². The Balaban J connectivity index is 0.00000236. The second kappa shape index (κ2) is 100. The quantitative estimate of drug-likeness (QED) is 0.0370. The van der Waals surface area contributed by atoms with E-state index in [1.54, 1.807) is 24.3 Å². The van der Waals surface area contributed by atoms with Crippen molar-refractivity contribution in [3.05, 3.63) is 59.7 Å². The van der Waals surface area contributed by atoms with E-state index in [2.05, 4.69) is 13.8 Å². The van der Waals surface area contributed by atoms with Gasteiger partial charge >= 0.3 is 48.9 Å². The summed E-state index contributed by atoms with van der Waals surface area (Å²) in [4.78, 5) is -0.0788. The van der Waals surface area contributed by atoms with E-state index >= 15 is 0 Å². The van der Waals surface area contributed by atoms with Crippen molar-refractivity contribution in [3.63, 3.8) is 0 Å². The van der Waals surface area contributed by atoms with Gasteiger partial charge in [-0.15, -0.1) is 0 Å². The smallest absolute Gasteiger partial charge is 0.744 e. The molecule has 0 N–H and O–H groups in total. The van der Waals surface area contributed by atoms with Crippen molar-refractivity contribution in [3.8, 4) is 0 Å². The summed E-state index contributed by atoms with van der Waals surface area (Å²) < 4.78 is 68.5. The fraction of sp³-hybridized carbons (Fsp3) is 0.893. The molecular formula is C112H210BaO6S2. The van der Waals surface area contributed by atoms with Gasteiger partial charge in [0.05, 0.1) is 9.79 Å². The summed E-state index contributed by atoms with van der Waals surface area (Å²) in [6, 6.07) is 13.3. The normalized spacial score (nSPS) is 11.8. The van der Waals surface area contributed by atoms with Crippen molar-refractivity contribution in [2.75, 3.05) is 0 Å². The molecule has 0 bridgehead atoms. The molecule has 0 heterocycles. The summed E-state index contributed by atoms with van der Waals surface area (Å²) in [6.07, 6.45) is 139. The number of rotatable bonds is 100. The number of benzene rings is 2. The molecule has 2 aromatic carbocycles. The standard InChI is InChI=1S/2C56H106O3S.Ba/c2*1-2-3-4-5-6-7-8-9-10-11-12-13-14-15-16-17-18-19-20-21-22-23-24-25-26-27-28-29-30-31-32-33-34-35-36-37-38-39-40-41-42-43-44-45-46-47-48-49-52-55-53-50-51-54-56(55)60(57,58)59;/h2*50-51,53-54H,2-49,52H2,1H3,(H,57,58,59);/q;;+2/p-2.